The van der Waals surface area contributed by atoms with Gasteiger partial charge in [0.1, 0.15) is 5.69 Å². The number of carboxylic acids is 1. The number of hydrogen-bond acceptors (Lipinski definition) is 4. The molecule has 0 fully saturated rings. The van der Waals surface area contributed by atoms with Crippen LogP contribution in [0.3, 0.4) is 0 Å². The first-order valence-corrected chi connectivity index (χ1v) is 6.66. The van der Waals surface area contributed by atoms with E-state index in [1.165, 1.54) is 7.11 Å². The quantitative estimate of drug-likeness (QED) is 0.734. The Hall–Kier alpha value is -1.89. The molecule has 1 unspecified atom stereocenters. The van der Waals surface area contributed by atoms with Gasteiger partial charge in [0.15, 0.2) is 0 Å². The zero-order chi connectivity index (χ0) is 16.3. The second-order valence-electron chi connectivity index (χ2n) is 6.44. The number of aromatic nitrogens is 2. The van der Waals surface area contributed by atoms with E-state index in [-0.39, 0.29) is 24.1 Å². The minimum atomic E-state index is -1.01. The lowest BCUT2D eigenvalue weighted by Gasteiger charge is -2.28. The largest absolute Gasteiger partial charge is 0.481 e. The molecule has 0 aliphatic carbocycles. The monoisotopic (exact) mass is 297 g/mol. The standard InChI is InChI=1S/C14H23N3O4/c1-13(2,3)10-6-9(16-17-10)12(20)15-14(4,8-21-5)7-11(18)19/h6H,7-8H2,1-5H3,(H,15,20)(H,16,17)(H,18,19). The molecule has 7 heteroatoms. The van der Waals surface area contributed by atoms with E-state index in [0.29, 0.717) is 0 Å². The van der Waals surface area contributed by atoms with E-state index < -0.39 is 17.4 Å². The number of ether oxygens (including phenoxy) is 1. The second kappa shape index (κ2) is 6.26. The number of aromatic amines is 1. The van der Waals surface area contributed by atoms with Gasteiger partial charge in [0.25, 0.3) is 5.91 Å². The molecule has 1 rings (SSSR count). The lowest BCUT2D eigenvalue weighted by Crippen LogP contribution is -2.50. The van der Waals surface area contributed by atoms with Crippen LogP contribution in [0.1, 0.15) is 50.3 Å². The summed E-state index contributed by atoms with van der Waals surface area (Å²) in [5.74, 6) is -1.44. The number of amides is 1. The smallest absolute Gasteiger partial charge is 0.305 e. The number of aliphatic carboxylic acids is 1. The summed E-state index contributed by atoms with van der Waals surface area (Å²) in [6.07, 6.45) is -0.233. The van der Waals surface area contributed by atoms with Gasteiger partial charge < -0.3 is 15.2 Å². The van der Waals surface area contributed by atoms with Crippen molar-refractivity contribution in [3.63, 3.8) is 0 Å². The number of nitrogens with zero attached hydrogens (tertiary/aromatic N) is 1. The first-order chi connectivity index (χ1) is 9.57. The number of nitrogens with one attached hydrogen (secondary N) is 2. The molecule has 1 atom stereocenters. The highest BCUT2D eigenvalue weighted by molar-refractivity contribution is 5.93. The van der Waals surface area contributed by atoms with Crippen molar-refractivity contribution in [2.45, 2.75) is 45.1 Å². The highest BCUT2D eigenvalue weighted by Gasteiger charge is 2.31. The van der Waals surface area contributed by atoms with E-state index in [1.54, 1.807) is 13.0 Å². The maximum absolute atomic E-state index is 12.2. The molecule has 3 N–H and O–H groups in total. The van der Waals surface area contributed by atoms with Crippen molar-refractivity contribution in [1.82, 2.24) is 15.5 Å². The van der Waals surface area contributed by atoms with Gasteiger partial charge in [0, 0.05) is 18.2 Å². The molecule has 0 saturated heterocycles. The van der Waals surface area contributed by atoms with E-state index in [9.17, 15) is 9.59 Å². The molecular weight excluding hydrogens is 274 g/mol. The van der Waals surface area contributed by atoms with Gasteiger partial charge in [-0.05, 0) is 13.0 Å². The van der Waals surface area contributed by atoms with Gasteiger partial charge in [-0.3, -0.25) is 14.7 Å². The first kappa shape index (κ1) is 17.2. The van der Waals surface area contributed by atoms with Crippen LogP contribution in [-0.4, -0.2) is 46.4 Å². The molecule has 1 aromatic rings. The third-order valence-electron chi connectivity index (χ3n) is 3.04. The topological polar surface area (TPSA) is 104 Å². The highest BCUT2D eigenvalue weighted by atomic mass is 16.5. The van der Waals surface area contributed by atoms with Gasteiger partial charge in [0.05, 0.1) is 18.6 Å². The SMILES string of the molecule is COCC(C)(CC(=O)O)NC(=O)c1cc(C(C)(C)C)[nH]n1. The van der Waals surface area contributed by atoms with E-state index in [0.717, 1.165) is 5.69 Å². The fourth-order valence-corrected chi connectivity index (χ4v) is 1.94. The van der Waals surface area contributed by atoms with Gasteiger partial charge >= 0.3 is 5.97 Å². The molecule has 0 aliphatic rings. The number of rotatable bonds is 6. The summed E-state index contributed by atoms with van der Waals surface area (Å²) in [7, 11) is 1.46. The zero-order valence-electron chi connectivity index (χ0n) is 13.1. The third-order valence-corrected chi connectivity index (χ3v) is 3.04. The van der Waals surface area contributed by atoms with Crippen LogP contribution in [-0.2, 0) is 14.9 Å². The van der Waals surface area contributed by atoms with Crippen LogP contribution in [0.25, 0.3) is 0 Å². The molecule has 1 aromatic heterocycles. The number of carboxylic acid groups (broad SMARTS) is 1. The minimum absolute atomic E-state index is 0.0988. The van der Waals surface area contributed by atoms with E-state index >= 15 is 0 Å². The molecule has 7 nitrogen and oxygen atoms in total. The third kappa shape index (κ3) is 4.86. The number of carbonyl (C=O) groups is 2. The summed E-state index contributed by atoms with van der Waals surface area (Å²) in [6.45, 7) is 7.73. The number of hydrogen-bond donors (Lipinski definition) is 3. The molecule has 1 heterocycles. The Bertz CT molecular complexity index is 519. The van der Waals surface area contributed by atoms with Gasteiger partial charge in [-0.1, -0.05) is 20.8 Å². The zero-order valence-corrected chi connectivity index (χ0v) is 13.1. The van der Waals surface area contributed by atoms with Crippen molar-refractivity contribution in [1.29, 1.82) is 0 Å². The average Bonchev–Trinajstić information content (AvgIpc) is 2.75. The van der Waals surface area contributed by atoms with Gasteiger partial charge in [-0.25, -0.2) is 0 Å². The summed E-state index contributed by atoms with van der Waals surface area (Å²) in [5.41, 5.74) is -0.0759. The number of H-pyrrole nitrogens is 1. The van der Waals surface area contributed by atoms with Crippen LogP contribution in [0.2, 0.25) is 0 Å². The molecule has 0 aromatic carbocycles. The molecule has 118 valence electrons. The summed E-state index contributed by atoms with van der Waals surface area (Å²) < 4.78 is 5.00. The van der Waals surface area contributed by atoms with Crippen molar-refractivity contribution in [3.05, 3.63) is 17.5 Å². The molecule has 0 saturated carbocycles. The predicted octanol–water partition coefficient (Wildman–Crippen LogP) is 1.32. The Morgan fingerprint density at radius 1 is 1.38 bits per heavy atom. The van der Waals surface area contributed by atoms with Crippen LogP contribution >= 0.6 is 0 Å². The Labute approximate surface area is 124 Å². The van der Waals surface area contributed by atoms with Crippen LogP contribution in [0.15, 0.2) is 6.07 Å². The van der Waals surface area contributed by atoms with Crippen molar-refractivity contribution in [3.8, 4) is 0 Å². The normalized spacial score (nSPS) is 14.5. The fourth-order valence-electron chi connectivity index (χ4n) is 1.94. The van der Waals surface area contributed by atoms with Crippen LogP contribution < -0.4 is 5.32 Å². The van der Waals surface area contributed by atoms with Crippen molar-refractivity contribution in [2.75, 3.05) is 13.7 Å². The lowest BCUT2D eigenvalue weighted by atomic mass is 9.92. The van der Waals surface area contributed by atoms with E-state index in [1.807, 2.05) is 20.8 Å². The molecule has 1 amide bonds. The van der Waals surface area contributed by atoms with E-state index in [2.05, 4.69) is 15.5 Å². The summed E-state index contributed by atoms with van der Waals surface area (Å²) >= 11 is 0. The van der Waals surface area contributed by atoms with Crippen molar-refractivity contribution < 1.29 is 19.4 Å². The summed E-state index contributed by atoms with van der Waals surface area (Å²) in [6, 6.07) is 1.67. The molecular formula is C14H23N3O4. The fraction of sp³-hybridized carbons (Fsp3) is 0.643. The Balaban J connectivity index is 2.87. The maximum atomic E-state index is 12.2. The first-order valence-electron chi connectivity index (χ1n) is 6.66. The lowest BCUT2D eigenvalue weighted by molar-refractivity contribution is -0.139. The molecule has 0 spiro atoms. The minimum Gasteiger partial charge on any atom is -0.481 e. The molecule has 21 heavy (non-hydrogen) atoms. The van der Waals surface area contributed by atoms with Crippen LogP contribution in [0.5, 0.6) is 0 Å². The highest BCUT2D eigenvalue weighted by Crippen LogP contribution is 2.20. The van der Waals surface area contributed by atoms with E-state index in [4.69, 9.17) is 9.84 Å². The van der Waals surface area contributed by atoms with Crippen LogP contribution in [0.4, 0.5) is 0 Å². The molecule has 0 bridgehead atoms. The van der Waals surface area contributed by atoms with Crippen LogP contribution in [0, 0.1) is 0 Å². The Morgan fingerprint density at radius 3 is 2.43 bits per heavy atom. The summed E-state index contributed by atoms with van der Waals surface area (Å²) in [5, 5.41) is 18.4. The molecule has 0 aliphatic heterocycles. The number of carbonyl (C=O) groups excluding carboxylic acids is 1. The average molecular weight is 297 g/mol. The van der Waals surface area contributed by atoms with Crippen molar-refractivity contribution >= 4 is 11.9 Å². The van der Waals surface area contributed by atoms with Gasteiger partial charge in [0.2, 0.25) is 0 Å². The second-order valence-corrected chi connectivity index (χ2v) is 6.44. The summed E-state index contributed by atoms with van der Waals surface area (Å²) in [4.78, 5) is 23.1. The van der Waals surface area contributed by atoms with Gasteiger partial charge in [-0.2, -0.15) is 5.10 Å². The Kier molecular flexibility index (Phi) is 5.11. The van der Waals surface area contributed by atoms with Crippen molar-refractivity contribution in [2.24, 2.45) is 0 Å². The Morgan fingerprint density at radius 2 is 2.00 bits per heavy atom. The molecule has 0 radical (unpaired) electrons. The number of methoxy groups -OCH3 is 1. The predicted molar refractivity (Wildman–Crippen MR) is 77.3 cm³/mol. The van der Waals surface area contributed by atoms with Gasteiger partial charge in [-0.15, -0.1) is 0 Å². The maximum Gasteiger partial charge on any atom is 0.305 e.